The van der Waals surface area contributed by atoms with Gasteiger partial charge in [0.2, 0.25) is 11.8 Å². The molecule has 2 aromatic carbocycles. The highest BCUT2D eigenvalue weighted by Gasteiger charge is 2.57. The van der Waals surface area contributed by atoms with Crippen molar-refractivity contribution < 1.29 is 37.1 Å². The van der Waals surface area contributed by atoms with Gasteiger partial charge in [-0.3, -0.25) is 19.3 Å². The Kier molecular flexibility index (Phi) is 8.03. The topological polar surface area (TPSA) is 108 Å². The Hall–Kier alpha value is -3.93. The summed E-state index contributed by atoms with van der Waals surface area (Å²) in [6.07, 6.45) is -0.0224. The number of ketones is 1. The van der Waals surface area contributed by atoms with Gasteiger partial charge in [-0.2, -0.15) is 0 Å². The SMILES string of the molecule is CCN(C(=O)Oc1ccc(F)cc1)[C@]1(C(=O)C2CCN(C(=O)[C@@H]3CC(=O)N3)CC2)CNC[C@H]1c1ccc(F)c(F)c1. The maximum Gasteiger partial charge on any atom is 0.416 e. The molecule has 3 fully saturated rings. The number of piperidine rings is 1. The van der Waals surface area contributed by atoms with Crippen LogP contribution in [0.25, 0.3) is 0 Å². The van der Waals surface area contributed by atoms with E-state index in [1.807, 2.05) is 0 Å². The molecule has 9 nitrogen and oxygen atoms in total. The molecule has 3 saturated heterocycles. The summed E-state index contributed by atoms with van der Waals surface area (Å²) in [5.41, 5.74) is -1.15. The van der Waals surface area contributed by atoms with Gasteiger partial charge >= 0.3 is 6.09 Å². The fourth-order valence-corrected chi connectivity index (χ4v) is 6.17. The Bertz CT molecular complexity index is 1340. The van der Waals surface area contributed by atoms with Gasteiger partial charge < -0.3 is 20.3 Å². The van der Waals surface area contributed by atoms with E-state index < -0.39 is 47.0 Å². The molecule has 2 N–H and O–H groups in total. The van der Waals surface area contributed by atoms with Crippen LogP contribution < -0.4 is 15.4 Å². The Balaban J connectivity index is 1.44. The lowest BCUT2D eigenvalue weighted by atomic mass is 9.71. The van der Waals surface area contributed by atoms with Gasteiger partial charge in [0.25, 0.3) is 0 Å². The number of Topliss-reactive ketones (excluding diaryl/α,β-unsaturated/α-hetero) is 1. The predicted molar refractivity (Wildman–Crippen MR) is 140 cm³/mol. The van der Waals surface area contributed by atoms with Gasteiger partial charge in [-0.15, -0.1) is 0 Å². The second-order valence-electron chi connectivity index (χ2n) is 10.6. The molecule has 3 aliphatic heterocycles. The number of hydrogen-bond donors (Lipinski definition) is 2. The number of carbonyl (C=O) groups excluding carboxylic acids is 4. The van der Waals surface area contributed by atoms with Crippen molar-refractivity contribution in [3.8, 4) is 5.75 Å². The molecular formula is C29H31F3N4O5. The zero-order valence-electron chi connectivity index (χ0n) is 22.5. The van der Waals surface area contributed by atoms with Crippen molar-refractivity contribution in [2.75, 3.05) is 32.7 Å². The molecule has 3 aliphatic rings. The number of carbonyl (C=O) groups is 4. The summed E-state index contributed by atoms with van der Waals surface area (Å²) in [7, 11) is 0. The molecule has 2 aromatic rings. The van der Waals surface area contributed by atoms with Gasteiger partial charge in [0.15, 0.2) is 17.4 Å². The minimum Gasteiger partial charge on any atom is -0.410 e. The molecule has 0 spiro atoms. The molecule has 0 unspecified atom stereocenters. The van der Waals surface area contributed by atoms with E-state index in [4.69, 9.17) is 4.74 Å². The summed E-state index contributed by atoms with van der Waals surface area (Å²) < 4.78 is 47.2. The van der Waals surface area contributed by atoms with E-state index in [0.717, 1.165) is 24.3 Å². The van der Waals surface area contributed by atoms with Crippen LogP contribution in [0, 0.1) is 23.4 Å². The van der Waals surface area contributed by atoms with E-state index in [1.54, 1.807) is 11.8 Å². The van der Waals surface area contributed by atoms with Gasteiger partial charge in [0.05, 0.1) is 6.42 Å². The molecule has 0 aliphatic carbocycles. The van der Waals surface area contributed by atoms with E-state index in [1.165, 1.54) is 23.1 Å². The van der Waals surface area contributed by atoms with Gasteiger partial charge in [0.1, 0.15) is 23.1 Å². The maximum atomic E-state index is 14.5. The zero-order valence-corrected chi connectivity index (χ0v) is 22.5. The second-order valence-corrected chi connectivity index (χ2v) is 10.6. The van der Waals surface area contributed by atoms with Gasteiger partial charge in [-0.25, -0.2) is 18.0 Å². The molecule has 0 aromatic heterocycles. The van der Waals surface area contributed by atoms with Crippen LogP contribution in [0.1, 0.15) is 37.7 Å². The molecule has 0 saturated carbocycles. The molecule has 41 heavy (non-hydrogen) atoms. The van der Waals surface area contributed by atoms with Crippen molar-refractivity contribution >= 4 is 23.7 Å². The fraction of sp³-hybridized carbons (Fsp3) is 0.448. The van der Waals surface area contributed by atoms with Crippen LogP contribution in [0.4, 0.5) is 18.0 Å². The minimum atomic E-state index is -1.51. The summed E-state index contributed by atoms with van der Waals surface area (Å²) >= 11 is 0. The second kappa shape index (κ2) is 11.5. The monoisotopic (exact) mass is 572 g/mol. The lowest BCUT2D eigenvalue weighted by Crippen LogP contribution is -2.64. The first-order valence-corrected chi connectivity index (χ1v) is 13.7. The number of amides is 3. The van der Waals surface area contributed by atoms with Crippen LogP contribution in [-0.2, 0) is 14.4 Å². The first kappa shape index (κ1) is 28.6. The minimum absolute atomic E-state index is 0.0507. The molecule has 3 heterocycles. The van der Waals surface area contributed by atoms with Crippen molar-refractivity contribution in [1.82, 2.24) is 20.4 Å². The molecule has 0 bridgehead atoms. The first-order chi connectivity index (χ1) is 19.6. The van der Waals surface area contributed by atoms with Crippen LogP contribution >= 0.6 is 0 Å². The highest BCUT2D eigenvalue weighted by atomic mass is 19.2. The number of halogens is 3. The van der Waals surface area contributed by atoms with E-state index in [2.05, 4.69) is 10.6 Å². The highest BCUT2D eigenvalue weighted by Crippen LogP contribution is 2.42. The van der Waals surface area contributed by atoms with Gasteiger partial charge in [0, 0.05) is 44.6 Å². The number of β-lactam (4-membered cyclic amide) rings is 1. The Labute approximate surface area is 235 Å². The van der Waals surface area contributed by atoms with E-state index >= 15 is 0 Å². The number of benzene rings is 2. The third-order valence-electron chi connectivity index (χ3n) is 8.33. The molecule has 5 rings (SSSR count). The van der Waals surface area contributed by atoms with Crippen molar-refractivity contribution in [2.24, 2.45) is 5.92 Å². The van der Waals surface area contributed by atoms with Crippen molar-refractivity contribution in [3.63, 3.8) is 0 Å². The number of hydrogen-bond acceptors (Lipinski definition) is 6. The Morgan fingerprint density at radius 3 is 2.34 bits per heavy atom. The summed E-state index contributed by atoms with van der Waals surface area (Å²) in [5, 5.41) is 5.75. The number of nitrogens with one attached hydrogen (secondary N) is 2. The predicted octanol–water partition coefficient (Wildman–Crippen LogP) is 2.75. The normalized spacial score (nSPS) is 24.4. The van der Waals surface area contributed by atoms with Crippen molar-refractivity contribution in [1.29, 1.82) is 0 Å². The molecule has 3 atom stereocenters. The Morgan fingerprint density at radius 2 is 1.73 bits per heavy atom. The van der Waals surface area contributed by atoms with E-state index in [-0.39, 0.29) is 49.4 Å². The van der Waals surface area contributed by atoms with Crippen LogP contribution in [0.5, 0.6) is 5.75 Å². The summed E-state index contributed by atoms with van der Waals surface area (Å²) in [6.45, 7) is 2.62. The number of likely N-dealkylation sites (N-methyl/N-ethyl adjacent to an activating group) is 1. The molecular weight excluding hydrogens is 541 g/mol. The summed E-state index contributed by atoms with van der Waals surface area (Å²) in [5.74, 6) is -4.41. The van der Waals surface area contributed by atoms with Crippen molar-refractivity contribution in [2.45, 2.75) is 43.7 Å². The van der Waals surface area contributed by atoms with E-state index in [0.29, 0.717) is 31.5 Å². The fourth-order valence-electron chi connectivity index (χ4n) is 6.17. The largest absolute Gasteiger partial charge is 0.416 e. The van der Waals surface area contributed by atoms with Crippen LogP contribution in [-0.4, -0.2) is 77.8 Å². The summed E-state index contributed by atoms with van der Waals surface area (Å²) in [6, 6.07) is 7.78. The third-order valence-corrected chi connectivity index (χ3v) is 8.33. The van der Waals surface area contributed by atoms with Crippen LogP contribution in [0.2, 0.25) is 0 Å². The number of rotatable bonds is 7. The van der Waals surface area contributed by atoms with Crippen molar-refractivity contribution in [3.05, 3.63) is 65.5 Å². The average Bonchev–Trinajstić information content (AvgIpc) is 3.39. The standard InChI is InChI=1S/C29H31F3N4O5/c1-2-36(28(40)41-20-6-4-19(30)5-7-20)29(16-33-15-21(29)18-3-8-22(31)23(32)13-18)26(38)17-9-11-35(12-10-17)27(39)24-14-25(37)34-24/h3-8,13,17,21,24,33H,2,9-12,14-16H2,1H3,(H,34,37)/t21-,24-,29+/m0/s1. The number of likely N-dealkylation sites (tertiary alicyclic amines) is 1. The zero-order chi connectivity index (χ0) is 29.3. The Morgan fingerprint density at radius 1 is 1.05 bits per heavy atom. The number of ether oxygens (including phenoxy) is 1. The first-order valence-electron chi connectivity index (χ1n) is 13.7. The third kappa shape index (κ3) is 5.40. The van der Waals surface area contributed by atoms with Gasteiger partial charge in [-0.05, 0) is 61.7 Å². The quantitative estimate of drug-likeness (QED) is 0.495. The molecule has 3 amide bonds. The molecule has 12 heteroatoms. The maximum absolute atomic E-state index is 14.5. The molecule has 218 valence electrons. The lowest BCUT2D eigenvalue weighted by Gasteiger charge is -2.45. The van der Waals surface area contributed by atoms with Crippen LogP contribution in [0.3, 0.4) is 0 Å². The average molecular weight is 573 g/mol. The van der Waals surface area contributed by atoms with Crippen LogP contribution in [0.15, 0.2) is 42.5 Å². The lowest BCUT2D eigenvalue weighted by molar-refractivity contribution is -0.146. The van der Waals surface area contributed by atoms with E-state index in [9.17, 15) is 32.3 Å². The highest BCUT2D eigenvalue weighted by molar-refractivity contribution is 5.98. The summed E-state index contributed by atoms with van der Waals surface area (Å²) in [4.78, 5) is 55.0. The molecule has 0 radical (unpaired) electrons. The number of nitrogens with zero attached hydrogens (tertiary/aromatic N) is 2. The van der Waals surface area contributed by atoms with Gasteiger partial charge in [-0.1, -0.05) is 6.07 Å². The smallest absolute Gasteiger partial charge is 0.410 e.